The molecule has 2 unspecified atom stereocenters. The van der Waals surface area contributed by atoms with Crippen molar-refractivity contribution in [3.05, 3.63) is 33.9 Å². The number of anilines is 1. The van der Waals surface area contributed by atoms with Gasteiger partial charge in [0, 0.05) is 17.8 Å². The zero-order valence-electron chi connectivity index (χ0n) is 10.7. The van der Waals surface area contributed by atoms with Crippen LogP contribution in [0.2, 0.25) is 0 Å². The quantitative estimate of drug-likeness (QED) is 0.536. The summed E-state index contributed by atoms with van der Waals surface area (Å²) in [6.45, 7) is 3.48. The summed E-state index contributed by atoms with van der Waals surface area (Å²) in [6, 6.07) is 3.74. The fourth-order valence-corrected chi connectivity index (χ4v) is 1.81. The summed E-state index contributed by atoms with van der Waals surface area (Å²) in [5, 5.41) is 31.9. The fourth-order valence-electron chi connectivity index (χ4n) is 1.81. The highest BCUT2D eigenvalue weighted by Gasteiger charge is 2.20. The molecule has 104 valence electrons. The molecule has 0 aromatic heterocycles. The predicted molar refractivity (Wildman–Crippen MR) is 69.4 cm³/mol. The number of nitro groups is 1. The first kappa shape index (κ1) is 14.9. The van der Waals surface area contributed by atoms with Gasteiger partial charge in [0.1, 0.15) is 5.56 Å². The number of nitro benzene ring substituents is 1. The van der Waals surface area contributed by atoms with Gasteiger partial charge in [-0.3, -0.25) is 10.1 Å². The summed E-state index contributed by atoms with van der Waals surface area (Å²) in [6.07, 6.45) is -0.00107. The van der Waals surface area contributed by atoms with E-state index >= 15 is 0 Å². The summed E-state index contributed by atoms with van der Waals surface area (Å²) < 4.78 is 0. The fraction of sp³-hybridized carbons (Fsp3) is 0.417. The van der Waals surface area contributed by atoms with Crippen molar-refractivity contribution in [2.45, 2.75) is 32.4 Å². The molecule has 1 aromatic carbocycles. The normalized spacial score (nSPS) is 13.6. The molecular formula is C12H16N2O5. The summed E-state index contributed by atoms with van der Waals surface area (Å²) in [5.74, 6) is -1.35. The second-order valence-corrected chi connectivity index (χ2v) is 4.42. The van der Waals surface area contributed by atoms with Gasteiger partial charge in [0.2, 0.25) is 0 Å². The number of aromatic carboxylic acids is 1. The summed E-state index contributed by atoms with van der Waals surface area (Å²) >= 11 is 0. The number of hydrogen-bond acceptors (Lipinski definition) is 5. The van der Waals surface area contributed by atoms with Crippen molar-refractivity contribution in [2.75, 3.05) is 5.32 Å². The van der Waals surface area contributed by atoms with E-state index in [2.05, 4.69) is 5.32 Å². The second-order valence-electron chi connectivity index (χ2n) is 4.42. The lowest BCUT2D eigenvalue weighted by molar-refractivity contribution is -0.385. The van der Waals surface area contributed by atoms with E-state index in [1.807, 2.05) is 6.92 Å². The van der Waals surface area contributed by atoms with Gasteiger partial charge in [0.05, 0.1) is 11.0 Å². The number of rotatable bonds is 6. The molecule has 1 aromatic rings. The average molecular weight is 268 g/mol. The molecule has 2 atom stereocenters. The molecule has 0 amide bonds. The maximum absolute atomic E-state index is 11.0. The molecule has 0 fully saturated rings. The van der Waals surface area contributed by atoms with Crippen LogP contribution in [-0.2, 0) is 0 Å². The Morgan fingerprint density at radius 3 is 2.58 bits per heavy atom. The number of aliphatic hydroxyl groups is 1. The molecule has 3 N–H and O–H groups in total. The van der Waals surface area contributed by atoms with Gasteiger partial charge in [-0.05, 0) is 32.4 Å². The predicted octanol–water partition coefficient (Wildman–Crippen LogP) is 1.86. The van der Waals surface area contributed by atoms with Gasteiger partial charge >= 0.3 is 5.97 Å². The lowest BCUT2D eigenvalue weighted by Gasteiger charge is -2.16. The Bertz CT molecular complexity index is 487. The van der Waals surface area contributed by atoms with Gasteiger partial charge < -0.3 is 15.5 Å². The molecule has 0 heterocycles. The number of carboxylic acids is 1. The molecule has 7 heteroatoms. The van der Waals surface area contributed by atoms with Crippen LogP contribution in [0.4, 0.5) is 11.4 Å². The SMILES string of the molecule is CC(O)CC(C)Nc1ccc([N+](=O)[O-])c(C(=O)O)c1. The molecule has 7 nitrogen and oxygen atoms in total. The third kappa shape index (κ3) is 4.22. The van der Waals surface area contributed by atoms with Crippen molar-refractivity contribution < 1.29 is 19.9 Å². The first-order valence-electron chi connectivity index (χ1n) is 5.77. The van der Waals surface area contributed by atoms with Gasteiger partial charge in [-0.1, -0.05) is 0 Å². The highest BCUT2D eigenvalue weighted by molar-refractivity contribution is 5.93. The Kier molecular flexibility index (Phi) is 4.82. The van der Waals surface area contributed by atoms with E-state index in [-0.39, 0.29) is 11.6 Å². The number of aliphatic hydroxyl groups excluding tert-OH is 1. The van der Waals surface area contributed by atoms with E-state index in [1.54, 1.807) is 6.92 Å². The minimum atomic E-state index is -1.35. The molecule has 0 bridgehead atoms. The number of nitrogens with one attached hydrogen (secondary N) is 1. The first-order valence-corrected chi connectivity index (χ1v) is 5.77. The number of carboxylic acid groups (broad SMARTS) is 1. The molecule has 19 heavy (non-hydrogen) atoms. The van der Waals surface area contributed by atoms with E-state index in [4.69, 9.17) is 5.11 Å². The lowest BCUT2D eigenvalue weighted by atomic mass is 10.1. The van der Waals surface area contributed by atoms with E-state index < -0.39 is 22.7 Å². The third-order valence-electron chi connectivity index (χ3n) is 2.53. The van der Waals surface area contributed by atoms with Crippen LogP contribution in [0.15, 0.2) is 18.2 Å². The Balaban J connectivity index is 2.96. The Morgan fingerprint density at radius 1 is 1.47 bits per heavy atom. The van der Waals surface area contributed by atoms with Crippen molar-refractivity contribution in [1.82, 2.24) is 0 Å². The van der Waals surface area contributed by atoms with Crippen LogP contribution in [-0.4, -0.2) is 33.3 Å². The third-order valence-corrected chi connectivity index (χ3v) is 2.53. The summed E-state index contributed by atoms with van der Waals surface area (Å²) in [5.41, 5.74) is -0.336. The van der Waals surface area contributed by atoms with E-state index in [9.17, 15) is 20.0 Å². The van der Waals surface area contributed by atoms with Gasteiger partial charge in [-0.25, -0.2) is 4.79 Å². The molecule has 0 aliphatic carbocycles. The molecule has 0 saturated heterocycles. The molecule has 0 aliphatic heterocycles. The van der Waals surface area contributed by atoms with Crippen molar-refractivity contribution >= 4 is 17.3 Å². The van der Waals surface area contributed by atoms with Crippen LogP contribution < -0.4 is 5.32 Å². The van der Waals surface area contributed by atoms with Crippen LogP contribution in [0.5, 0.6) is 0 Å². The standard InChI is InChI=1S/C12H16N2O5/c1-7(5-8(2)15)13-9-3-4-11(14(18)19)10(6-9)12(16)17/h3-4,6-8,13,15H,5H2,1-2H3,(H,16,17). The average Bonchev–Trinajstić information content (AvgIpc) is 2.27. The largest absolute Gasteiger partial charge is 0.477 e. The van der Waals surface area contributed by atoms with Crippen molar-refractivity contribution in [1.29, 1.82) is 0 Å². The van der Waals surface area contributed by atoms with Crippen LogP contribution in [0, 0.1) is 10.1 Å². The topological polar surface area (TPSA) is 113 Å². The maximum atomic E-state index is 11.0. The maximum Gasteiger partial charge on any atom is 0.342 e. The molecule has 1 rings (SSSR count). The number of carbonyl (C=O) groups is 1. The van der Waals surface area contributed by atoms with E-state index in [1.165, 1.54) is 12.1 Å². The summed E-state index contributed by atoms with van der Waals surface area (Å²) in [7, 11) is 0. The van der Waals surface area contributed by atoms with Gasteiger partial charge in [-0.15, -0.1) is 0 Å². The number of nitrogens with zero attached hydrogens (tertiary/aromatic N) is 1. The van der Waals surface area contributed by atoms with Crippen molar-refractivity contribution in [3.63, 3.8) is 0 Å². The van der Waals surface area contributed by atoms with Crippen molar-refractivity contribution in [3.8, 4) is 0 Å². The zero-order valence-corrected chi connectivity index (χ0v) is 10.7. The molecule has 0 aliphatic rings. The van der Waals surface area contributed by atoms with E-state index in [0.29, 0.717) is 12.1 Å². The Labute approximate surface area is 110 Å². The van der Waals surface area contributed by atoms with Gasteiger partial charge in [0.25, 0.3) is 5.69 Å². The van der Waals surface area contributed by atoms with E-state index in [0.717, 1.165) is 6.07 Å². The molecule has 0 spiro atoms. The smallest absolute Gasteiger partial charge is 0.342 e. The Morgan fingerprint density at radius 2 is 2.11 bits per heavy atom. The van der Waals surface area contributed by atoms with Gasteiger partial charge in [0.15, 0.2) is 0 Å². The molecule has 0 radical (unpaired) electrons. The number of hydrogen-bond donors (Lipinski definition) is 3. The highest BCUT2D eigenvalue weighted by atomic mass is 16.6. The lowest BCUT2D eigenvalue weighted by Crippen LogP contribution is -2.20. The number of benzene rings is 1. The molecule has 0 saturated carbocycles. The minimum absolute atomic E-state index is 0.0805. The van der Waals surface area contributed by atoms with Crippen LogP contribution >= 0.6 is 0 Å². The Hall–Kier alpha value is -2.15. The minimum Gasteiger partial charge on any atom is -0.477 e. The highest BCUT2D eigenvalue weighted by Crippen LogP contribution is 2.23. The monoisotopic (exact) mass is 268 g/mol. The van der Waals surface area contributed by atoms with Crippen molar-refractivity contribution in [2.24, 2.45) is 0 Å². The second kappa shape index (κ2) is 6.14. The first-order chi connectivity index (χ1) is 8.81. The van der Waals surface area contributed by atoms with Crippen LogP contribution in [0.1, 0.15) is 30.6 Å². The zero-order chi connectivity index (χ0) is 14.6. The van der Waals surface area contributed by atoms with Crippen LogP contribution in [0.3, 0.4) is 0 Å². The van der Waals surface area contributed by atoms with Crippen LogP contribution in [0.25, 0.3) is 0 Å². The van der Waals surface area contributed by atoms with Gasteiger partial charge in [-0.2, -0.15) is 0 Å². The molecular weight excluding hydrogens is 252 g/mol. The summed E-state index contributed by atoms with van der Waals surface area (Å²) in [4.78, 5) is 20.9.